The Bertz CT molecular complexity index is 375. The Morgan fingerprint density at radius 3 is 2.65 bits per heavy atom. The zero-order chi connectivity index (χ0) is 13.0. The number of hydrogen-bond acceptors (Lipinski definition) is 3. The highest BCUT2D eigenvalue weighted by Gasteiger charge is 2.17. The quantitative estimate of drug-likeness (QED) is 0.806. The summed E-state index contributed by atoms with van der Waals surface area (Å²) in [6, 6.07) is 2.30. The largest absolute Gasteiger partial charge is 0.480 e. The highest BCUT2D eigenvalue weighted by molar-refractivity contribution is 9.13. The molecule has 1 rings (SSSR count). The number of hydrogen-bond donors (Lipinski definition) is 1. The van der Waals surface area contributed by atoms with Crippen molar-refractivity contribution in [2.45, 2.75) is 32.9 Å². The van der Waals surface area contributed by atoms with Crippen molar-refractivity contribution in [3.05, 3.63) is 19.2 Å². The Morgan fingerprint density at radius 2 is 2.24 bits per heavy atom. The zero-order valence-electron chi connectivity index (χ0n) is 9.74. The lowest BCUT2D eigenvalue weighted by Gasteiger charge is -2.25. The number of carbonyl (C=O) groups is 1. The van der Waals surface area contributed by atoms with Gasteiger partial charge in [0.1, 0.15) is 0 Å². The van der Waals surface area contributed by atoms with Crippen molar-refractivity contribution in [3.8, 4) is 0 Å². The maximum absolute atomic E-state index is 10.8. The number of aliphatic carboxylic acids is 1. The molecule has 0 spiro atoms. The summed E-state index contributed by atoms with van der Waals surface area (Å²) < 4.78 is 2.07. The van der Waals surface area contributed by atoms with E-state index in [2.05, 4.69) is 45.7 Å². The molecule has 6 heteroatoms. The van der Waals surface area contributed by atoms with Gasteiger partial charge in [-0.3, -0.25) is 9.69 Å². The molecule has 1 aromatic rings. The Hall–Kier alpha value is 0.0900. The third-order valence-corrected chi connectivity index (χ3v) is 5.85. The molecule has 0 saturated heterocycles. The van der Waals surface area contributed by atoms with E-state index in [1.54, 1.807) is 11.3 Å². The molecule has 1 aromatic heterocycles. The van der Waals surface area contributed by atoms with Crippen LogP contribution in [0.15, 0.2) is 14.3 Å². The second-order valence-corrected chi connectivity index (χ2v) is 7.20. The van der Waals surface area contributed by atoms with Gasteiger partial charge in [0.05, 0.1) is 10.3 Å². The second kappa shape index (κ2) is 6.87. The molecule has 1 atom stereocenters. The molecule has 0 aliphatic carbocycles. The first-order valence-corrected chi connectivity index (χ1v) is 7.73. The molecule has 0 radical (unpaired) electrons. The first-order chi connectivity index (χ1) is 7.93. The summed E-state index contributed by atoms with van der Waals surface area (Å²) in [5.74, 6) is -0.778. The van der Waals surface area contributed by atoms with Crippen LogP contribution in [0, 0.1) is 0 Å². The minimum absolute atomic E-state index is 0.0855. The van der Waals surface area contributed by atoms with E-state index in [1.165, 1.54) is 0 Å². The Kier molecular flexibility index (Phi) is 6.12. The molecule has 1 N–H and O–H groups in total. The molecule has 1 unspecified atom stereocenters. The number of thiophene rings is 1. The van der Waals surface area contributed by atoms with Gasteiger partial charge >= 0.3 is 5.97 Å². The van der Waals surface area contributed by atoms with Crippen LogP contribution in [-0.4, -0.2) is 28.6 Å². The Balaban J connectivity index is 2.74. The van der Waals surface area contributed by atoms with Crippen LogP contribution in [0.1, 0.15) is 25.1 Å². The SMILES string of the molecule is CCC(C)N(CC(=O)O)Cc1cc(Br)c(Br)s1. The van der Waals surface area contributed by atoms with Crippen LogP contribution in [0.3, 0.4) is 0 Å². The molecule has 0 saturated carbocycles. The minimum Gasteiger partial charge on any atom is -0.480 e. The molecule has 3 nitrogen and oxygen atoms in total. The van der Waals surface area contributed by atoms with Crippen LogP contribution in [0.4, 0.5) is 0 Å². The van der Waals surface area contributed by atoms with Gasteiger partial charge in [0.2, 0.25) is 0 Å². The first-order valence-electron chi connectivity index (χ1n) is 5.33. The highest BCUT2D eigenvalue weighted by atomic mass is 79.9. The average molecular weight is 385 g/mol. The number of rotatable bonds is 6. The molecule has 0 aromatic carbocycles. The summed E-state index contributed by atoms with van der Waals surface area (Å²) in [6.45, 7) is 4.89. The van der Waals surface area contributed by atoms with Crippen molar-refractivity contribution in [2.24, 2.45) is 0 Å². The van der Waals surface area contributed by atoms with E-state index in [9.17, 15) is 4.79 Å². The van der Waals surface area contributed by atoms with Gasteiger partial charge in [-0.1, -0.05) is 6.92 Å². The van der Waals surface area contributed by atoms with Crippen LogP contribution in [0.5, 0.6) is 0 Å². The van der Waals surface area contributed by atoms with E-state index in [-0.39, 0.29) is 12.6 Å². The molecule has 1 heterocycles. The number of nitrogens with zero attached hydrogens (tertiary/aromatic N) is 1. The molecule has 0 aliphatic rings. The van der Waals surface area contributed by atoms with Crippen molar-refractivity contribution in [1.82, 2.24) is 4.90 Å². The van der Waals surface area contributed by atoms with Gasteiger partial charge in [0.15, 0.2) is 0 Å². The van der Waals surface area contributed by atoms with Crippen molar-refractivity contribution < 1.29 is 9.90 Å². The van der Waals surface area contributed by atoms with Gasteiger partial charge in [-0.05, 0) is 51.3 Å². The highest BCUT2D eigenvalue weighted by Crippen LogP contribution is 2.33. The number of halogens is 2. The van der Waals surface area contributed by atoms with Crippen LogP contribution in [0.25, 0.3) is 0 Å². The summed E-state index contributed by atoms with van der Waals surface area (Å²) in [5.41, 5.74) is 0. The lowest BCUT2D eigenvalue weighted by Crippen LogP contribution is -2.36. The van der Waals surface area contributed by atoms with Crippen molar-refractivity contribution >= 4 is 49.2 Å². The molecular weight excluding hydrogens is 370 g/mol. The Labute approximate surface area is 122 Å². The third-order valence-electron chi connectivity index (χ3n) is 2.61. The van der Waals surface area contributed by atoms with Gasteiger partial charge in [-0.2, -0.15) is 0 Å². The fraction of sp³-hybridized carbons (Fsp3) is 0.545. The summed E-state index contributed by atoms with van der Waals surface area (Å²) in [7, 11) is 0. The monoisotopic (exact) mass is 383 g/mol. The lowest BCUT2D eigenvalue weighted by atomic mass is 10.2. The average Bonchev–Trinajstić information content (AvgIpc) is 2.55. The first kappa shape index (κ1) is 15.1. The minimum atomic E-state index is -0.778. The van der Waals surface area contributed by atoms with E-state index in [4.69, 9.17) is 5.11 Å². The van der Waals surface area contributed by atoms with Crippen LogP contribution < -0.4 is 0 Å². The maximum atomic E-state index is 10.8. The smallest absolute Gasteiger partial charge is 0.317 e. The molecule has 17 heavy (non-hydrogen) atoms. The van der Waals surface area contributed by atoms with E-state index in [0.717, 1.165) is 19.6 Å². The molecule has 0 bridgehead atoms. The normalized spacial score (nSPS) is 13.0. The molecule has 0 aliphatic heterocycles. The standard InChI is InChI=1S/C11H15Br2NO2S/c1-3-7(2)14(6-10(15)16)5-8-4-9(12)11(13)17-8/h4,7H,3,5-6H2,1-2H3,(H,15,16). The molecule has 0 amide bonds. The third kappa shape index (κ3) is 4.69. The van der Waals surface area contributed by atoms with E-state index < -0.39 is 5.97 Å². The van der Waals surface area contributed by atoms with Gasteiger partial charge in [-0.15, -0.1) is 11.3 Å². The molecule has 96 valence electrons. The van der Waals surface area contributed by atoms with Gasteiger partial charge in [0, 0.05) is 21.9 Å². The topological polar surface area (TPSA) is 40.5 Å². The maximum Gasteiger partial charge on any atom is 0.317 e. The number of carboxylic acid groups (broad SMARTS) is 1. The second-order valence-electron chi connectivity index (χ2n) is 3.89. The van der Waals surface area contributed by atoms with Crippen LogP contribution in [0.2, 0.25) is 0 Å². The summed E-state index contributed by atoms with van der Waals surface area (Å²) in [4.78, 5) is 14.0. The number of carboxylic acids is 1. The van der Waals surface area contributed by atoms with Crippen molar-refractivity contribution in [1.29, 1.82) is 0 Å². The fourth-order valence-electron chi connectivity index (χ4n) is 1.47. The Morgan fingerprint density at radius 1 is 1.59 bits per heavy atom. The predicted octanol–water partition coefficient (Wildman–Crippen LogP) is 3.96. The van der Waals surface area contributed by atoms with Crippen LogP contribution in [-0.2, 0) is 11.3 Å². The van der Waals surface area contributed by atoms with Gasteiger partial charge in [0.25, 0.3) is 0 Å². The zero-order valence-corrected chi connectivity index (χ0v) is 13.7. The van der Waals surface area contributed by atoms with E-state index in [0.29, 0.717) is 6.54 Å². The van der Waals surface area contributed by atoms with E-state index >= 15 is 0 Å². The summed E-state index contributed by atoms with van der Waals surface area (Å²) in [6.07, 6.45) is 0.945. The summed E-state index contributed by atoms with van der Waals surface area (Å²) >= 11 is 8.52. The van der Waals surface area contributed by atoms with Crippen LogP contribution >= 0.6 is 43.2 Å². The van der Waals surface area contributed by atoms with Gasteiger partial charge < -0.3 is 5.11 Å². The van der Waals surface area contributed by atoms with Gasteiger partial charge in [-0.25, -0.2) is 0 Å². The lowest BCUT2D eigenvalue weighted by molar-refractivity contribution is -0.139. The molecule has 0 fully saturated rings. The van der Waals surface area contributed by atoms with Crippen molar-refractivity contribution in [3.63, 3.8) is 0 Å². The fourth-order valence-corrected chi connectivity index (χ4v) is 3.67. The van der Waals surface area contributed by atoms with E-state index in [1.807, 2.05) is 11.0 Å². The summed E-state index contributed by atoms with van der Waals surface area (Å²) in [5, 5.41) is 8.91. The molecular formula is C11H15Br2NO2S. The van der Waals surface area contributed by atoms with Crippen molar-refractivity contribution in [2.75, 3.05) is 6.54 Å². The predicted molar refractivity (Wildman–Crippen MR) is 77.5 cm³/mol.